The molecule has 0 atom stereocenters. The Morgan fingerprint density at radius 2 is 1.95 bits per heavy atom. The van der Waals surface area contributed by atoms with Gasteiger partial charge in [-0.1, -0.05) is 39.6 Å². The minimum Gasteiger partial charge on any atom is -0.430 e. The molecule has 1 aromatic carbocycles. The van der Waals surface area contributed by atoms with Gasteiger partial charge in [-0.25, -0.2) is 0 Å². The molecule has 2 aromatic rings. The van der Waals surface area contributed by atoms with Gasteiger partial charge in [0.1, 0.15) is 10.8 Å². The van der Waals surface area contributed by atoms with E-state index in [0.717, 1.165) is 5.01 Å². The van der Waals surface area contributed by atoms with Crippen LogP contribution in [-0.4, -0.2) is 15.7 Å². The molecule has 0 saturated carbocycles. The third-order valence-electron chi connectivity index (χ3n) is 2.31. The van der Waals surface area contributed by atoms with Crippen LogP contribution in [0, 0.1) is 0 Å². The number of aromatic nitrogens is 2. The van der Waals surface area contributed by atoms with Crippen LogP contribution in [0.25, 0.3) is 0 Å². The highest BCUT2D eigenvalue weighted by atomic mass is 35.5. The lowest BCUT2D eigenvalue weighted by Crippen LogP contribution is -2.35. The van der Waals surface area contributed by atoms with Gasteiger partial charge in [-0.2, -0.15) is 0 Å². The number of nitrogens with zero attached hydrogens (tertiary/aromatic N) is 2. The minimum absolute atomic E-state index is 0.0381. The molecule has 108 valence electrons. The highest BCUT2D eigenvalue weighted by molar-refractivity contribution is 7.13. The largest absolute Gasteiger partial charge is 0.430 e. The summed E-state index contributed by atoms with van der Waals surface area (Å²) < 4.78 is 5.60. The first kappa shape index (κ1) is 15.5. The van der Waals surface area contributed by atoms with Crippen LogP contribution < -0.4 is 10.1 Å². The van der Waals surface area contributed by atoms with Gasteiger partial charge in [-0.15, -0.1) is 5.10 Å². The lowest BCUT2D eigenvalue weighted by atomic mass is 10.1. The third kappa shape index (κ3) is 4.59. The second-order valence-electron chi connectivity index (χ2n) is 5.24. The Bertz CT molecular complexity index is 596. The summed E-state index contributed by atoms with van der Waals surface area (Å²) >= 11 is 13.2. The third-order valence-corrected chi connectivity index (χ3v) is 3.85. The van der Waals surface area contributed by atoms with Crippen molar-refractivity contribution in [3.8, 4) is 10.9 Å². The van der Waals surface area contributed by atoms with Crippen LogP contribution in [0.3, 0.4) is 0 Å². The first-order chi connectivity index (χ1) is 9.33. The quantitative estimate of drug-likeness (QED) is 0.894. The molecule has 1 heterocycles. The monoisotopic (exact) mass is 331 g/mol. The highest BCUT2D eigenvalue weighted by Crippen LogP contribution is 2.30. The Balaban J connectivity index is 2.00. The molecule has 7 heteroatoms. The molecule has 0 fully saturated rings. The van der Waals surface area contributed by atoms with E-state index in [2.05, 4.69) is 36.3 Å². The average Bonchev–Trinajstić information content (AvgIpc) is 2.78. The summed E-state index contributed by atoms with van der Waals surface area (Å²) in [5.41, 5.74) is 0.0381. The Hall–Kier alpha value is -0.880. The van der Waals surface area contributed by atoms with Gasteiger partial charge in [0.25, 0.3) is 5.19 Å². The summed E-state index contributed by atoms with van der Waals surface area (Å²) in [5.74, 6) is 0.589. The van der Waals surface area contributed by atoms with Crippen LogP contribution in [0.2, 0.25) is 10.0 Å². The van der Waals surface area contributed by atoms with Crippen LogP contribution in [-0.2, 0) is 6.54 Å². The van der Waals surface area contributed by atoms with Crippen LogP contribution in [0.15, 0.2) is 18.2 Å². The second-order valence-corrected chi connectivity index (χ2v) is 7.08. The normalized spacial score (nSPS) is 11.7. The fourth-order valence-electron chi connectivity index (χ4n) is 1.33. The number of hydrogen-bond acceptors (Lipinski definition) is 5. The van der Waals surface area contributed by atoms with Crippen molar-refractivity contribution in [3.05, 3.63) is 33.3 Å². The van der Waals surface area contributed by atoms with Crippen LogP contribution in [0.4, 0.5) is 0 Å². The van der Waals surface area contributed by atoms with E-state index in [4.69, 9.17) is 27.9 Å². The molecule has 1 aromatic heterocycles. The second kappa shape index (κ2) is 6.26. The number of hydrogen-bond donors (Lipinski definition) is 1. The molecule has 0 radical (unpaired) electrons. The van der Waals surface area contributed by atoms with Crippen molar-refractivity contribution < 1.29 is 4.74 Å². The van der Waals surface area contributed by atoms with Crippen molar-refractivity contribution in [2.45, 2.75) is 32.9 Å². The Morgan fingerprint density at radius 3 is 2.60 bits per heavy atom. The standard InChI is InChI=1S/C13H15Cl2N3OS/c1-13(2,3)16-7-11-17-18-12(20-11)19-8-4-5-9(14)10(15)6-8/h4-6,16H,7H2,1-3H3. The maximum Gasteiger partial charge on any atom is 0.299 e. The lowest BCUT2D eigenvalue weighted by molar-refractivity contribution is 0.423. The first-order valence-corrected chi connectivity index (χ1v) is 7.61. The molecule has 2 rings (SSSR count). The van der Waals surface area contributed by atoms with Crippen molar-refractivity contribution >= 4 is 34.5 Å². The molecule has 0 aliphatic carbocycles. The number of halogens is 2. The Kier molecular flexibility index (Phi) is 4.86. The molecule has 0 aliphatic heterocycles. The van der Waals surface area contributed by atoms with Crippen LogP contribution >= 0.6 is 34.5 Å². The molecule has 0 spiro atoms. The van der Waals surface area contributed by atoms with Crippen molar-refractivity contribution in [3.63, 3.8) is 0 Å². The van der Waals surface area contributed by atoms with Crippen molar-refractivity contribution in [2.24, 2.45) is 0 Å². The zero-order valence-electron chi connectivity index (χ0n) is 11.4. The summed E-state index contributed by atoms with van der Waals surface area (Å²) in [4.78, 5) is 0. The molecule has 1 N–H and O–H groups in total. The molecule has 4 nitrogen and oxygen atoms in total. The van der Waals surface area contributed by atoms with Gasteiger partial charge < -0.3 is 10.1 Å². The predicted octanol–water partition coefficient (Wildman–Crippen LogP) is 4.53. The minimum atomic E-state index is 0.0381. The first-order valence-electron chi connectivity index (χ1n) is 6.04. The van der Waals surface area contributed by atoms with Gasteiger partial charge in [0.15, 0.2) is 0 Å². The van der Waals surface area contributed by atoms with Gasteiger partial charge in [-0.3, -0.25) is 0 Å². The van der Waals surface area contributed by atoms with Crippen molar-refractivity contribution in [1.82, 2.24) is 15.5 Å². The van der Waals surface area contributed by atoms with Crippen molar-refractivity contribution in [2.75, 3.05) is 0 Å². The van der Waals surface area contributed by atoms with Crippen LogP contribution in [0.1, 0.15) is 25.8 Å². The zero-order chi connectivity index (χ0) is 14.8. The maximum atomic E-state index is 5.93. The summed E-state index contributed by atoms with van der Waals surface area (Å²) in [6.45, 7) is 6.95. The maximum absolute atomic E-state index is 5.93. The molecule has 0 aliphatic rings. The summed E-state index contributed by atoms with van der Waals surface area (Å²) in [5, 5.41) is 13.7. The van der Waals surface area contributed by atoms with Gasteiger partial charge >= 0.3 is 0 Å². The fourth-order valence-corrected chi connectivity index (χ4v) is 2.27. The zero-order valence-corrected chi connectivity index (χ0v) is 13.7. The van der Waals surface area contributed by atoms with Gasteiger partial charge in [-0.05, 0) is 32.9 Å². The molecule has 0 unspecified atom stereocenters. The number of rotatable bonds is 4. The average molecular weight is 332 g/mol. The van der Waals surface area contributed by atoms with E-state index in [9.17, 15) is 0 Å². The summed E-state index contributed by atoms with van der Waals surface area (Å²) in [6.07, 6.45) is 0. The molecule has 0 amide bonds. The number of benzene rings is 1. The van der Waals surface area contributed by atoms with E-state index in [1.807, 2.05) is 0 Å². The van der Waals surface area contributed by atoms with E-state index >= 15 is 0 Å². The smallest absolute Gasteiger partial charge is 0.299 e. The Labute approximate surface area is 132 Å². The van der Waals surface area contributed by atoms with Crippen molar-refractivity contribution in [1.29, 1.82) is 0 Å². The highest BCUT2D eigenvalue weighted by Gasteiger charge is 2.12. The SMILES string of the molecule is CC(C)(C)NCc1nnc(Oc2ccc(Cl)c(Cl)c2)s1. The van der Waals surface area contributed by atoms with E-state index in [0.29, 0.717) is 27.5 Å². The Morgan fingerprint density at radius 1 is 1.20 bits per heavy atom. The molecule has 0 bridgehead atoms. The number of nitrogens with one attached hydrogen (secondary N) is 1. The van der Waals surface area contributed by atoms with E-state index < -0.39 is 0 Å². The van der Waals surface area contributed by atoms with Gasteiger partial charge in [0.05, 0.1) is 16.6 Å². The summed E-state index contributed by atoms with van der Waals surface area (Å²) in [7, 11) is 0. The fraction of sp³-hybridized carbons (Fsp3) is 0.385. The predicted molar refractivity (Wildman–Crippen MR) is 83.0 cm³/mol. The molecular weight excluding hydrogens is 317 g/mol. The summed E-state index contributed by atoms with van der Waals surface area (Å²) in [6, 6.07) is 5.07. The number of ether oxygens (including phenoxy) is 1. The van der Waals surface area contributed by atoms with Gasteiger partial charge in [0, 0.05) is 11.6 Å². The molecule has 0 saturated heterocycles. The lowest BCUT2D eigenvalue weighted by Gasteiger charge is -2.19. The van der Waals surface area contributed by atoms with E-state index in [1.165, 1.54) is 11.3 Å². The molecule has 20 heavy (non-hydrogen) atoms. The van der Waals surface area contributed by atoms with Crippen LogP contribution in [0.5, 0.6) is 10.9 Å². The molecular formula is C13H15Cl2N3OS. The topological polar surface area (TPSA) is 47.0 Å². The van der Waals surface area contributed by atoms with E-state index in [1.54, 1.807) is 18.2 Å². The van der Waals surface area contributed by atoms with E-state index in [-0.39, 0.29) is 5.54 Å². The van der Waals surface area contributed by atoms with Gasteiger partial charge in [0.2, 0.25) is 0 Å².